The number of hydrogen-bond donors (Lipinski definition) is 0. The van der Waals surface area contributed by atoms with Crippen LogP contribution in [-0.4, -0.2) is 35.5 Å². The van der Waals surface area contributed by atoms with Crippen LogP contribution in [0.1, 0.15) is 37.6 Å². The molecule has 39 heavy (non-hydrogen) atoms. The van der Waals surface area contributed by atoms with Gasteiger partial charge in [-0.2, -0.15) is 39.5 Å². The van der Waals surface area contributed by atoms with Crippen molar-refractivity contribution in [2.45, 2.75) is 52.1 Å². The van der Waals surface area contributed by atoms with Gasteiger partial charge < -0.3 is 9.47 Å². The van der Waals surface area contributed by atoms with Crippen LogP contribution in [0.25, 0.3) is 0 Å². The molecule has 1 aromatic heterocycles. The standard InChI is InChI=1S/C22H21BrF9N3O4/c1-5-34-15(36)8-14(22(30,31)32)33-19(34)35(17(18(37)38-4)39-9-10(2)3)13-7-11(20(24,25)26)6-12(16(13)23)21(27,28)29/h6-8,10,17H,5,9H2,1-4H3. The fourth-order valence-electron chi connectivity index (χ4n) is 3.25. The Morgan fingerprint density at radius 2 is 1.62 bits per heavy atom. The first-order chi connectivity index (χ1) is 17.7. The lowest BCUT2D eigenvalue weighted by Crippen LogP contribution is -2.45. The van der Waals surface area contributed by atoms with Crippen LogP contribution >= 0.6 is 15.9 Å². The molecule has 17 heteroatoms. The number of anilines is 2. The highest BCUT2D eigenvalue weighted by atomic mass is 79.9. The molecule has 0 N–H and O–H groups in total. The van der Waals surface area contributed by atoms with Crippen molar-refractivity contribution in [2.24, 2.45) is 5.92 Å². The third-order valence-corrected chi connectivity index (χ3v) is 5.81. The second-order valence-electron chi connectivity index (χ2n) is 8.35. The molecule has 218 valence electrons. The molecule has 0 saturated carbocycles. The Hall–Kier alpha value is -2.82. The number of halogens is 10. The maximum absolute atomic E-state index is 13.8. The second kappa shape index (κ2) is 11.7. The third-order valence-electron chi connectivity index (χ3n) is 4.98. The van der Waals surface area contributed by atoms with Gasteiger partial charge in [-0.15, -0.1) is 0 Å². The number of rotatable bonds is 8. The number of esters is 1. The lowest BCUT2D eigenvalue weighted by molar-refractivity contribution is -0.154. The zero-order valence-corrected chi connectivity index (χ0v) is 22.1. The lowest BCUT2D eigenvalue weighted by Gasteiger charge is -2.34. The summed E-state index contributed by atoms with van der Waals surface area (Å²) in [6.07, 6.45) is -18.3. The minimum Gasteiger partial charge on any atom is -0.466 e. The van der Waals surface area contributed by atoms with Crippen LogP contribution in [0, 0.1) is 5.92 Å². The number of aromatic nitrogens is 2. The van der Waals surface area contributed by atoms with Crippen molar-refractivity contribution in [1.29, 1.82) is 0 Å². The van der Waals surface area contributed by atoms with Crippen molar-refractivity contribution in [3.05, 3.63) is 49.8 Å². The molecular weight excluding hydrogens is 621 g/mol. The van der Waals surface area contributed by atoms with Crippen molar-refractivity contribution in [3.8, 4) is 0 Å². The van der Waals surface area contributed by atoms with Crippen molar-refractivity contribution < 1.29 is 53.8 Å². The SMILES string of the molecule is CCn1c(N(c2cc(C(F)(F)F)cc(C(F)(F)F)c2Br)C(OCC(C)C)C(=O)OC)nc(C(F)(F)F)cc1=O. The molecule has 1 atom stereocenters. The first-order valence-corrected chi connectivity index (χ1v) is 11.7. The molecule has 1 unspecified atom stereocenters. The Labute approximate surface area is 223 Å². The molecule has 7 nitrogen and oxygen atoms in total. The quantitative estimate of drug-likeness (QED) is 0.189. The predicted octanol–water partition coefficient (Wildman–Crippen LogP) is 6.39. The van der Waals surface area contributed by atoms with E-state index in [1.165, 1.54) is 6.92 Å². The number of ether oxygens (including phenoxy) is 2. The maximum Gasteiger partial charge on any atom is 0.433 e. The molecule has 0 amide bonds. The van der Waals surface area contributed by atoms with E-state index in [0.717, 1.165) is 7.11 Å². The Kier molecular flexibility index (Phi) is 9.75. The molecule has 0 bridgehead atoms. The molecular formula is C22H21BrF9N3O4. The molecule has 0 fully saturated rings. The summed E-state index contributed by atoms with van der Waals surface area (Å²) in [6.45, 7) is 3.60. The average molecular weight is 642 g/mol. The number of alkyl halides is 9. The molecule has 0 aliphatic rings. The van der Waals surface area contributed by atoms with Crippen LogP contribution in [0.4, 0.5) is 51.1 Å². The summed E-state index contributed by atoms with van der Waals surface area (Å²) in [7, 11) is 0.807. The van der Waals surface area contributed by atoms with E-state index >= 15 is 0 Å². The average Bonchev–Trinajstić information content (AvgIpc) is 2.79. The lowest BCUT2D eigenvalue weighted by atomic mass is 10.1. The number of nitrogens with zero attached hydrogens (tertiary/aromatic N) is 3. The maximum atomic E-state index is 13.8. The summed E-state index contributed by atoms with van der Waals surface area (Å²) in [5, 5.41) is 0. The van der Waals surface area contributed by atoms with E-state index in [9.17, 15) is 49.1 Å². The Bertz CT molecular complexity index is 1260. The van der Waals surface area contributed by atoms with Crippen LogP contribution in [0.3, 0.4) is 0 Å². The van der Waals surface area contributed by atoms with Gasteiger partial charge in [-0.3, -0.25) is 14.3 Å². The fourth-order valence-corrected chi connectivity index (χ4v) is 3.89. The molecule has 0 radical (unpaired) electrons. The fraction of sp³-hybridized carbons (Fsp3) is 0.500. The number of carbonyl (C=O) groups is 1. The zero-order valence-electron chi connectivity index (χ0n) is 20.6. The van der Waals surface area contributed by atoms with Gasteiger partial charge in [0.1, 0.15) is 0 Å². The van der Waals surface area contributed by atoms with Gasteiger partial charge >= 0.3 is 24.5 Å². The van der Waals surface area contributed by atoms with E-state index in [1.54, 1.807) is 13.8 Å². The summed E-state index contributed by atoms with van der Waals surface area (Å²) in [5.74, 6) is -2.91. The first-order valence-electron chi connectivity index (χ1n) is 10.9. The highest BCUT2D eigenvalue weighted by Crippen LogP contribution is 2.46. The summed E-state index contributed by atoms with van der Waals surface area (Å²) in [4.78, 5) is 28.9. The molecule has 0 saturated heterocycles. The van der Waals surface area contributed by atoms with Gasteiger partial charge in [-0.05, 0) is 40.9 Å². The van der Waals surface area contributed by atoms with Crippen LogP contribution in [-0.2, 0) is 39.3 Å². The van der Waals surface area contributed by atoms with E-state index in [2.05, 4.69) is 25.7 Å². The normalized spacial score (nSPS) is 13.5. The Morgan fingerprint density at radius 3 is 2.05 bits per heavy atom. The van der Waals surface area contributed by atoms with Gasteiger partial charge in [0.05, 0.1) is 35.0 Å². The summed E-state index contributed by atoms with van der Waals surface area (Å²) in [6, 6.07) is 0.0242. The van der Waals surface area contributed by atoms with Crippen LogP contribution in [0.2, 0.25) is 0 Å². The Morgan fingerprint density at radius 1 is 1.03 bits per heavy atom. The van der Waals surface area contributed by atoms with Gasteiger partial charge in [0.15, 0.2) is 5.69 Å². The van der Waals surface area contributed by atoms with Crippen LogP contribution < -0.4 is 10.5 Å². The highest BCUT2D eigenvalue weighted by molar-refractivity contribution is 9.10. The second-order valence-corrected chi connectivity index (χ2v) is 9.14. The topological polar surface area (TPSA) is 73.7 Å². The number of methoxy groups -OCH3 is 1. The highest BCUT2D eigenvalue weighted by Gasteiger charge is 2.43. The Balaban J connectivity index is 3.16. The van der Waals surface area contributed by atoms with Crippen molar-refractivity contribution in [1.82, 2.24) is 9.55 Å². The van der Waals surface area contributed by atoms with Gasteiger partial charge in [-0.25, -0.2) is 9.78 Å². The number of hydrogen-bond acceptors (Lipinski definition) is 6. The van der Waals surface area contributed by atoms with Crippen molar-refractivity contribution in [2.75, 3.05) is 18.6 Å². The molecule has 0 aliphatic carbocycles. The molecule has 1 aromatic carbocycles. The predicted molar refractivity (Wildman–Crippen MR) is 122 cm³/mol. The van der Waals surface area contributed by atoms with Crippen LogP contribution in [0.15, 0.2) is 27.5 Å². The summed E-state index contributed by atoms with van der Waals surface area (Å²) in [5.41, 5.74) is -8.02. The van der Waals surface area contributed by atoms with Crippen molar-refractivity contribution in [3.63, 3.8) is 0 Å². The summed E-state index contributed by atoms with van der Waals surface area (Å²) < 4.78 is 133. The minimum absolute atomic E-state index is 0.0929. The van der Waals surface area contributed by atoms with Gasteiger partial charge in [0.2, 0.25) is 12.2 Å². The van der Waals surface area contributed by atoms with E-state index in [-0.39, 0.29) is 35.6 Å². The van der Waals surface area contributed by atoms with E-state index in [0.29, 0.717) is 4.57 Å². The van der Waals surface area contributed by atoms with Crippen LogP contribution in [0.5, 0.6) is 0 Å². The van der Waals surface area contributed by atoms with E-state index < -0.39 is 75.8 Å². The minimum atomic E-state index is -5.40. The monoisotopic (exact) mass is 641 g/mol. The van der Waals surface area contributed by atoms with E-state index in [4.69, 9.17) is 4.74 Å². The molecule has 2 rings (SSSR count). The largest absolute Gasteiger partial charge is 0.466 e. The molecule has 1 heterocycles. The first kappa shape index (κ1) is 32.4. The van der Waals surface area contributed by atoms with Gasteiger partial charge in [-0.1, -0.05) is 13.8 Å². The zero-order chi connectivity index (χ0) is 30.1. The number of benzene rings is 1. The van der Waals surface area contributed by atoms with Crippen molar-refractivity contribution >= 4 is 33.5 Å². The smallest absolute Gasteiger partial charge is 0.433 e. The third kappa shape index (κ3) is 7.43. The molecule has 0 aliphatic heterocycles. The summed E-state index contributed by atoms with van der Waals surface area (Å²) >= 11 is 2.58. The molecule has 2 aromatic rings. The van der Waals surface area contributed by atoms with Gasteiger partial charge in [0.25, 0.3) is 5.56 Å². The van der Waals surface area contributed by atoms with E-state index in [1.807, 2.05) is 0 Å². The van der Waals surface area contributed by atoms with Gasteiger partial charge in [0, 0.05) is 12.6 Å². The number of carbonyl (C=O) groups excluding carboxylic acids is 1. The molecule has 0 spiro atoms.